The van der Waals surface area contributed by atoms with Crippen molar-refractivity contribution in [1.82, 2.24) is 16.0 Å². The molecule has 1 aliphatic carbocycles. The quantitative estimate of drug-likeness (QED) is 0.760. The van der Waals surface area contributed by atoms with Crippen LogP contribution < -0.4 is 20.7 Å². The molecule has 1 aliphatic heterocycles. The summed E-state index contributed by atoms with van der Waals surface area (Å²) in [7, 11) is 1.62. The van der Waals surface area contributed by atoms with Crippen LogP contribution in [-0.4, -0.2) is 31.0 Å². The summed E-state index contributed by atoms with van der Waals surface area (Å²) in [5.74, 6) is 0.0863. The zero-order valence-corrected chi connectivity index (χ0v) is 13.6. The molecule has 7 heteroatoms. The van der Waals surface area contributed by atoms with Gasteiger partial charge in [-0.05, 0) is 42.9 Å². The number of ether oxygens (including phenoxy) is 1. The molecule has 24 heavy (non-hydrogen) atoms. The number of benzene rings is 1. The highest BCUT2D eigenvalue weighted by atomic mass is 16.5. The second-order valence-corrected chi connectivity index (χ2v) is 6.12. The van der Waals surface area contributed by atoms with Crippen molar-refractivity contribution in [3.63, 3.8) is 0 Å². The van der Waals surface area contributed by atoms with Crippen LogP contribution in [0.5, 0.6) is 5.75 Å². The summed E-state index contributed by atoms with van der Waals surface area (Å²) in [4.78, 5) is 35.1. The highest BCUT2D eigenvalue weighted by Gasteiger charge is 2.26. The van der Waals surface area contributed by atoms with E-state index >= 15 is 0 Å². The predicted octanol–water partition coefficient (Wildman–Crippen LogP) is 0.788. The fraction of sp³-hybridized carbons (Fsp3) is 0.471. The monoisotopic (exact) mass is 331 g/mol. The molecule has 1 fully saturated rings. The highest BCUT2D eigenvalue weighted by molar-refractivity contribution is 5.98. The van der Waals surface area contributed by atoms with Crippen LogP contribution in [0, 0.1) is 0 Å². The lowest BCUT2D eigenvalue weighted by Crippen LogP contribution is -2.48. The van der Waals surface area contributed by atoms with Crippen LogP contribution in [0.15, 0.2) is 12.1 Å². The summed E-state index contributed by atoms with van der Waals surface area (Å²) >= 11 is 0. The third kappa shape index (κ3) is 3.50. The molecule has 0 aromatic heterocycles. The average Bonchev–Trinajstić information content (AvgIpc) is 2.94. The number of carbonyl (C=O) groups is 3. The van der Waals surface area contributed by atoms with Gasteiger partial charge in [-0.3, -0.25) is 14.9 Å². The van der Waals surface area contributed by atoms with Gasteiger partial charge in [0.05, 0.1) is 7.11 Å². The topological polar surface area (TPSA) is 96.5 Å². The number of imide groups is 1. The SMILES string of the molecule is COc1cc2c(cc1CNC(=O)[C@H]1CCC(=O)NC(=O)N1)CCC2. The van der Waals surface area contributed by atoms with E-state index in [9.17, 15) is 14.4 Å². The van der Waals surface area contributed by atoms with Crippen LogP contribution >= 0.6 is 0 Å². The Morgan fingerprint density at radius 1 is 1.25 bits per heavy atom. The maximum absolute atomic E-state index is 12.3. The van der Waals surface area contributed by atoms with Gasteiger partial charge in [-0.15, -0.1) is 0 Å². The smallest absolute Gasteiger partial charge is 0.322 e. The third-order valence-corrected chi connectivity index (χ3v) is 4.48. The second kappa shape index (κ2) is 6.90. The summed E-state index contributed by atoms with van der Waals surface area (Å²) in [6.45, 7) is 0.322. The van der Waals surface area contributed by atoms with Crippen molar-refractivity contribution in [1.29, 1.82) is 0 Å². The van der Waals surface area contributed by atoms with Gasteiger partial charge in [0.25, 0.3) is 0 Å². The van der Waals surface area contributed by atoms with E-state index in [4.69, 9.17) is 4.74 Å². The van der Waals surface area contributed by atoms with Crippen molar-refractivity contribution in [3.05, 3.63) is 28.8 Å². The maximum Gasteiger partial charge on any atom is 0.322 e. The molecule has 1 aromatic carbocycles. The molecular formula is C17H21N3O4. The fourth-order valence-corrected chi connectivity index (χ4v) is 3.21. The van der Waals surface area contributed by atoms with Crippen molar-refractivity contribution >= 4 is 17.8 Å². The number of hydrogen-bond donors (Lipinski definition) is 3. The molecule has 128 valence electrons. The third-order valence-electron chi connectivity index (χ3n) is 4.48. The summed E-state index contributed by atoms with van der Waals surface area (Å²) in [5.41, 5.74) is 3.53. The molecule has 0 spiro atoms. The van der Waals surface area contributed by atoms with Gasteiger partial charge in [0.15, 0.2) is 0 Å². The highest BCUT2D eigenvalue weighted by Crippen LogP contribution is 2.29. The minimum Gasteiger partial charge on any atom is -0.496 e. The maximum atomic E-state index is 12.3. The van der Waals surface area contributed by atoms with Crippen LogP contribution in [0.1, 0.15) is 36.0 Å². The van der Waals surface area contributed by atoms with Gasteiger partial charge >= 0.3 is 6.03 Å². The molecular weight excluding hydrogens is 310 g/mol. The van der Waals surface area contributed by atoms with Gasteiger partial charge in [0.1, 0.15) is 11.8 Å². The Morgan fingerprint density at radius 3 is 2.75 bits per heavy atom. The van der Waals surface area contributed by atoms with Gasteiger partial charge in [0.2, 0.25) is 11.8 Å². The Hall–Kier alpha value is -2.57. The van der Waals surface area contributed by atoms with E-state index in [1.807, 2.05) is 6.07 Å². The van der Waals surface area contributed by atoms with E-state index in [2.05, 4.69) is 22.0 Å². The van der Waals surface area contributed by atoms with Crippen molar-refractivity contribution in [2.45, 2.75) is 44.7 Å². The number of carbonyl (C=O) groups excluding carboxylic acids is 3. The lowest BCUT2D eigenvalue weighted by atomic mass is 10.0. The number of nitrogens with one attached hydrogen (secondary N) is 3. The first kappa shape index (κ1) is 16.3. The number of rotatable bonds is 4. The normalized spacial score (nSPS) is 19.8. The second-order valence-electron chi connectivity index (χ2n) is 6.12. The Balaban J connectivity index is 1.66. The van der Waals surface area contributed by atoms with Crippen LogP contribution in [0.3, 0.4) is 0 Å². The van der Waals surface area contributed by atoms with E-state index in [0.29, 0.717) is 6.54 Å². The Morgan fingerprint density at radius 2 is 2.00 bits per heavy atom. The van der Waals surface area contributed by atoms with Crippen LogP contribution in [0.4, 0.5) is 4.79 Å². The van der Waals surface area contributed by atoms with Crippen LogP contribution in [0.25, 0.3) is 0 Å². The molecule has 0 bridgehead atoms. The minimum atomic E-state index is -0.711. The Labute approximate surface area is 140 Å². The standard InChI is InChI=1S/C17H21N3O4/c1-24-14-8-11-4-2-3-10(11)7-12(14)9-18-16(22)13-5-6-15(21)20-17(23)19-13/h7-8,13H,2-6,9H2,1H3,(H,18,22)(H2,19,20,21,23)/t13-/m1/s1. The zero-order chi connectivity index (χ0) is 17.1. The number of fused-ring (bicyclic) bond motifs is 1. The molecule has 1 saturated heterocycles. The zero-order valence-electron chi connectivity index (χ0n) is 13.6. The van der Waals surface area contributed by atoms with Gasteiger partial charge in [-0.1, -0.05) is 6.07 Å². The number of aryl methyl sites for hydroxylation is 2. The molecule has 2 aliphatic rings. The summed E-state index contributed by atoms with van der Waals surface area (Å²) in [6.07, 6.45) is 3.67. The largest absolute Gasteiger partial charge is 0.496 e. The van der Waals surface area contributed by atoms with E-state index in [-0.39, 0.29) is 24.7 Å². The van der Waals surface area contributed by atoms with E-state index < -0.39 is 12.1 Å². The first-order chi connectivity index (χ1) is 11.6. The molecule has 3 N–H and O–H groups in total. The molecule has 0 radical (unpaired) electrons. The van der Waals surface area contributed by atoms with Crippen LogP contribution in [0.2, 0.25) is 0 Å². The van der Waals surface area contributed by atoms with Crippen molar-refractivity contribution in [2.24, 2.45) is 0 Å². The summed E-state index contributed by atoms with van der Waals surface area (Å²) in [5, 5.41) is 7.48. The first-order valence-corrected chi connectivity index (χ1v) is 8.13. The summed E-state index contributed by atoms with van der Waals surface area (Å²) < 4.78 is 5.42. The lowest BCUT2D eigenvalue weighted by molar-refractivity contribution is -0.123. The van der Waals surface area contributed by atoms with Gasteiger partial charge < -0.3 is 15.4 Å². The molecule has 0 unspecified atom stereocenters. The Bertz CT molecular complexity index is 687. The van der Waals surface area contributed by atoms with Crippen molar-refractivity contribution in [2.75, 3.05) is 7.11 Å². The summed E-state index contributed by atoms with van der Waals surface area (Å²) in [6, 6.07) is 2.78. The predicted molar refractivity (Wildman–Crippen MR) is 86.6 cm³/mol. The van der Waals surface area contributed by atoms with Crippen LogP contribution in [-0.2, 0) is 29.0 Å². The van der Waals surface area contributed by atoms with Gasteiger partial charge in [0, 0.05) is 18.5 Å². The molecule has 7 nitrogen and oxygen atoms in total. The molecule has 1 aromatic rings. The van der Waals surface area contributed by atoms with E-state index in [1.165, 1.54) is 11.1 Å². The molecule has 4 amide bonds. The molecule has 0 saturated carbocycles. The van der Waals surface area contributed by atoms with Gasteiger partial charge in [-0.2, -0.15) is 0 Å². The molecule has 3 rings (SSSR count). The van der Waals surface area contributed by atoms with Gasteiger partial charge in [-0.25, -0.2) is 4.79 Å². The lowest BCUT2D eigenvalue weighted by Gasteiger charge is -2.16. The first-order valence-electron chi connectivity index (χ1n) is 8.13. The van der Waals surface area contributed by atoms with Crippen molar-refractivity contribution in [3.8, 4) is 5.75 Å². The minimum absolute atomic E-state index is 0.138. The number of hydrogen-bond acceptors (Lipinski definition) is 4. The van der Waals surface area contributed by atoms with E-state index in [0.717, 1.165) is 30.6 Å². The molecule has 1 atom stereocenters. The number of urea groups is 1. The Kier molecular flexibility index (Phi) is 4.69. The number of methoxy groups -OCH3 is 1. The van der Waals surface area contributed by atoms with Crippen molar-refractivity contribution < 1.29 is 19.1 Å². The fourth-order valence-electron chi connectivity index (χ4n) is 3.21. The number of amides is 4. The van der Waals surface area contributed by atoms with E-state index in [1.54, 1.807) is 7.11 Å². The average molecular weight is 331 g/mol. The molecule has 1 heterocycles.